The Bertz CT molecular complexity index is 505. The van der Waals surface area contributed by atoms with Gasteiger partial charge in [0.2, 0.25) is 0 Å². The largest absolute Gasteiger partial charge is 0.391 e. The Kier molecular flexibility index (Phi) is 6.75. The van der Waals surface area contributed by atoms with Crippen LogP contribution in [-0.2, 0) is 9.84 Å². The highest BCUT2D eigenvalue weighted by molar-refractivity contribution is 7.93. The van der Waals surface area contributed by atoms with Gasteiger partial charge in [0.25, 0.3) is 0 Å². The second kappa shape index (κ2) is 7.06. The van der Waals surface area contributed by atoms with Gasteiger partial charge in [-0.15, -0.1) is 0 Å². The molecule has 0 saturated carbocycles. The van der Waals surface area contributed by atoms with Crippen LogP contribution in [0, 0.1) is 17.2 Å². The lowest BCUT2D eigenvalue weighted by Crippen LogP contribution is -2.38. The summed E-state index contributed by atoms with van der Waals surface area (Å²) in [7, 11) is -4.50. The zero-order valence-electron chi connectivity index (χ0n) is 12.1. The van der Waals surface area contributed by atoms with Gasteiger partial charge in [-0.1, -0.05) is 6.92 Å². The SMILES string of the molecule is CCC(CCC(C)(C#N)S(=O)(=O)CCC(F)(F)F)C(F)(F)F. The van der Waals surface area contributed by atoms with Crippen LogP contribution in [0.3, 0.4) is 0 Å². The summed E-state index contributed by atoms with van der Waals surface area (Å²) in [5.41, 5.74) is 0. The molecular weight excluding hydrogens is 336 g/mol. The van der Waals surface area contributed by atoms with E-state index in [1.165, 1.54) is 13.0 Å². The summed E-state index contributed by atoms with van der Waals surface area (Å²) in [5, 5.41) is 8.95. The number of hydrogen-bond donors (Lipinski definition) is 0. The molecule has 0 heterocycles. The second-order valence-corrected chi connectivity index (χ2v) is 7.75. The van der Waals surface area contributed by atoms with Crippen LogP contribution in [0.2, 0.25) is 0 Å². The maximum Gasteiger partial charge on any atom is 0.391 e. The van der Waals surface area contributed by atoms with Crippen LogP contribution in [0.1, 0.15) is 39.5 Å². The molecule has 2 atom stereocenters. The van der Waals surface area contributed by atoms with Crippen molar-refractivity contribution in [3.05, 3.63) is 0 Å². The fourth-order valence-electron chi connectivity index (χ4n) is 1.81. The average Bonchev–Trinajstić information content (AvgIpc) is 2.34. The lowest BCUT2D eigenvalue weighted by molar-refractivity contribution is -0.177. The number of rotatable bonds is 7. The molecule has 0 aliphatic heterocycles. The zero-order valence-corrected chi connectivity index (χ0v) is 12.9. The van der Waals surface area contributed by atoms with E-state index in [-0.39, 0.29) is 6.42 Å². The van der Waals surface area contributed by atoms with Crippen molar-refractivity contribution in [1.29, 1.82) is 5.26 Å². The molecule has 0 aromatic rings. The average molecular weight is 353 g/mol. The quantitative estimate of drug-likeness (QED) is 0.650. The van der Waals surface area contributed by atoms with Crippen molar-refractivity contribution in [1.82, 2.24) is 0 Å². The molecule has 0 amide bonds. The fraction of sp³-hybridized carbons (Fsp3) is 0.917. The third kappa shape index (κ3) is 6.02. The van der Waals surface area contributed by atoms with Gasteiger partial charge in [0.15, 0.2) is 14.6 Å². The predicted octanol–water partition coefficient (Wildman–Crippen LogP) is 4.00. The van der Waals surface area contributed by atoms with Gasteiger partial charge in [-0.05, 0) is 26.2 Å². The van der Waals surface area contributed by atoms with E-state index in [1.54, 1.807) is 0 Å². The molecule has 0 N–H and O–H groups in total. The lowest BCUT2D eigenvalue weighted by atomic mass is 9.94. The first-order valence-electron chi connectivity index (χ1n) is 6.45. The number of hydrogen-bond acceptors (Lipinski definition) is 3. The summed E-state index contributed by atoms with van der Waals surface area (Å²) in [6.07, 6.45) is -12.5. The molecule has 0 aromatic heterocycles. The summed E-state index contributed by atoms with van der Waals surface area (Å²) in [4.78, 5) is 0. The van der Waals surface area contributed by atoms with Gasteiger partial charge in [-0.25, -0.2) is 8.42 Å². The Morgan fingerprint density at radius 3 is 1.91 bits per heavy atom. The maximum absolute atomic E-state index is 12.6. The van der Waals surface area contributed by atoms with Crippen molar-refractivity contribution in [2.75, 3.05) is 5.75 Å². The first-order chi connectivity index (χ1) is 9.68. The molecule has 0 aliphatic rings. The van der Waals surface area contributed by atoms with Crippen molar-refractivity contribution in [2.24, 2.45) is 5.92 Å². The molecule has 0 aromatic carbocycles. The third-order valence-electron chi connectivity index (χ3n) is 3.50. The topological polar surface area (TPSA) is 57.9 Å². The standard InChI is InChI=1S/C12H17F6NO2S/c1-3-9(12(16,17)18)4-5-10(2,8-19)22(20,21)7-6-11(13,14)15/h9H,3-7H2,1-2H3. The summed E-state index contributed by atoms with van der Waals surface area (Å²) >= 11 is 0. The highest BCUT2D eigenvalue weighted by Gasteiger charge is 2.45. The van der Waals surface area contributed by atoms with Crippen LogP contribution in [0.4, 0.5) is 26.3 Å². The van der Waals surface area contributed by atoms with Crippen LogP contribution in [0.5, 0.6) is 0 Å². The van der Waals surface area contributed by atoms with Gasteiger partial charge in [0, 0.05) is 0 Å². The van der Waals surface area contributed by atoms with E-state index in [1.807, 2.05) is 0 Å². The van der Waals surface area contributed by atoms with E-state index in [2.05, 4.69) is 0 Å². The van der Waals surface area contributed by atoms with Crippen molar-refractivity contribution in [3.8, 4) is 6.07 Å². The van der Waals surface area contributed by atoms with E-state index in [4.69, 9.17) is 5.26 Å². The molecule has 0 fully saturated rings. The first-order valence-corrected chi connectivity index (χ1v) is 8.11. The van der Waals surface area contributed by atoms with Crippen molar-refractivity contribution in [3.63, 3.8) is 0 Å². The molecular formula is C12H17F6NO2S. The van der Waals surface area contributed by atoms with Gasteiger partial charge < -0.3 is 0 Å². The van der Waals surface area contributed by atoms with Crippen LogP contribution in [0.15, 0.2) is 0 Å². The third-order valence-corrected chi connectivity index (χ3v) is 5.91. The summed E-state index contributed by atoms with van der Waals surface area (Å²) in [5.74, 6) is -3.11. The monoisotopic (exact) mass is 353 g/mol. The van der Waals surface area contributed by atoms with Gasteiger partial charge in [0.05, 0.1) is 24.2 Å². The van der Waals surface area contributed by atoms with Crippen LogP contribution < -0.4 is 0 Å². The van der Waals surface area contributed by atoms with Gasteiger partial charge >= 0.3 is 12.4 Å². The highest BCUT2D eigenvalue weighted by atomic mass is 32.2. The van der Waals surface area contributed by atoms with Gasteiger partial charge in [-0.2, -0.15) is 31.6 Å². The van der Waals surface area contributed by atoms with E-state index < -0.39 is 57.9 Å². The second-order valence-electron chi connectivity index (χ2n) is 5.21. The Labute approximate surface area is 125 Å². The molecule has 0 bridgehead atoms. The minimum absolute atomic E-state index is 0.298. The number of nitrogens with zero attached hydrogens (tertiary/aromatic N) is 1. The van der Waals surface area contributed by atoms with E-state index in [0.717, 1.165) is 6.92 Å². The van der Waals surface area contributed by atoms with Crippen molar-refractivity contribution < 1.29 is 34.8 Å². The Morgan fingerprint density at radius 2 is 1.59 bits per heavy atom. The molecule has 10 heteroatoms. The number of alkyl halides is 6. The van der Waals surface area contributed by atoms with Crippen LogP contribution >= 0.6 is 0 Å². The molecule has 2 unspecified atom stereocenters. The molecule has 0 spiro atoms. The van der Waals surface area contributed by atoms with Gasteiger partial charge in [0.1, 0.15) is 0 Å². The summed E-state index contributed by atoms with van der Waals surface area (Å²) in [6.45, 7) is 2.13. The van der Waals surface area contributed by atoms with Crippen molar-refractivity contribution >= 4 is 9.84 Å². The predicted molar refractivity (Wildman–Crippen MR) is 67.5 cm³/mol. The smallest absolute Gasteiger partial charge is 0.227 e. The normalized spacial score (nSPS) is 17.6. The summed E-state index contributed by atoms with van der Waals surface area (Å²) in [6, 6.07) is 1.36. The van der Waals surface area contributed by atoms with Crippen LogP contribution in [-0.4, -0.2) is 31.3 Å². The van der Waals surface area contributed by atoms with Crippen LogP contribution in [0.25, 0.3) is 0 Å². The van der Waals surface area contributed by atoms with Gasteiger partial charge in [-0.3, -0.25) is 0 Å². The fourth-order valence-corrected chi connectivity index (χ4v) is 3.32. The minimum Gasteiger partial charge on any atom is -0.227 e. The minimum atomic E-state index is -4.72. The summed E-state index contributed by atoms with van der Waals surface area (Å²) < 4.78 is 95.7. The molecule has 0 saturated heterocycles. The highest BCUT2D eigenvalue weighted by Crippen LogP contribution is 2.36. The van der Waals surface area contributed by atoms with E-state index in [9.17, 15) is 34.8 Å². The number of nitriles is 1. The molecule has 130 valence electrons. The van der Waals surface area contributed by atoms with E-state index >= 15 is 0 Å². The maximum atomic E-state index is 12.6. The molecule has 22 heavy (non-hydrogen) atoms. The Morgan fingerprint density at radius 1 is 1.09 bits per heavy atom. The molecule has 0 radical (unpaired) electrons. The van der Waals surface area contributed by atoms with Crippen molar-refractivity contribution in [2.45, 2.75) is 56.6 Å². The van der Waals surface area contributed by atoms with E-state index in [0.29, 0.717) is 0 Å². The Balaban J connectivity index is 5.09. The molecule has 3 nitrogen and oxygen atoms in total. The zero-order chi connectivity index (χ0) is 17.8. The Hall–Kier alpha value is -0.980. The molecule has 0 aliphatic carbocycles. The lowest BCUT2D eigenvalue weighted by Gasteiger charge is -2.25. The number of halogens is 6. The molecule has 0 rings (SSSR count). The first kappa shape index (κ1) is 21.0. The number of sulfone groups is 1.